The van der Waals surface area contributed by atoms with Crippen molar-refractivity contribution < 1.29 is 14.3 Å². The molecule has 2 aromatic carbocycles. The normalized spacial score (nSPS) is 11.0. The molecule has 5 nitrogen and oxygen atoms in total. The first-order chi connectivity index (χ1) is 12.5. The monoisotopic (exact) mass is 354 g/mol. The molecule has 1 N–H and O–H groups in total. The van der Waals surface area contributed by atoms with Gasteiger partial charge in [-0.2, -0.15) is 5.10 Å². The lowest BCUT2D eigenvalue weighted by Gasteiger charge is -2.11. The molecule has 0 aliphatic rings. The van der Waals surface area contributed by atoms with E-state index in [-0.39, 0.29) is 12.5 Å². The van der Waals surface area contributed by atoms with E-state index in [1.165, 1.54) is 0 Å². The van der Waals surface area contributed by atoms with Gasteiger partial charge in [-0.05, 0) is 43.0 Å². The zero-order valence-corrected chi connectivity index (χ0v) is 15.8. The summed E-state index contributed by atoms with van der Waals surface area (Å²) in [5.74, 6) is 1.59. The number of hydrogen-bond donors (Lipinski definition) is 1. The molecule has 2 aromatic rings. The van der Waals surface area contributed by atoms with Crippen LogP contribution in [0.25, 0.3) is 0 Å². The molecule has 0 aliphatic carbocycles. The number of aryl methyl sites for hydroxylation is 2. The molecule has 0 saturated carbocycles. The van der Waals surface area contributed by atoms with Crippen molar-refractivity contribution in [1.29, 1.82) is 0 Å². The molecule has 0 radical (unpaired) electrons. The predicted octanol–water partition coefficient (Wildman–Crippen LogP) is 3.87. The quantitative estimate of drug-likeness (QED) is 0.578. The summed E-state index contributed by atoms with van der Waals surface area (Å²) in [6, 6.07) is 13.4. The number of para-hydroxylation sites is 2. The maximum Gasteiger partial charge on any atom is 0.277 e. The minimum Gasteiger partial charge on any atom is -0.493 e. The van der Waals surface area contributed by atoms with Crippen molar-refractivity contribution in [2.45, 2.75) is 27.7 Å². The first kappa shape index (κ1) is 19.5. The maximum absolute atomic E-state index is 11.9. The van der Waals surface area contributed by atoms with E-state index in [1.54, 1.807) is 6.21 Å². The van der Waals surface area contributed by atoms with Crippen molar-refractivity contribution in [2.24, 2.45) is 11.0 Å². The van der Waals surface area contributed by atoms with E-state index in [1.807, 2.05) is 56.3 Å². The van der Waals surface area contributed by atoms with Gasteiger partial charge < -0.3 is 9.47 Å². The van der Waals surface area contributed by atoms with Gasteiger partial charge >= 0.3 is 0 Å². The third-order valence-electron chi connectivity index (χ3n) is 3.64. The van der Waals surface area contributed by atoms with E-state index in [2.05, 4.69) is 24.4 Å². The Labute approximate surface area is 155 Å². The number of nitrogens with zero attached hydrogens (tertiary/aromatic N) is 1. The van der Waals surface area contributed by atoms with Gasteiger partial charge in [0.25, 0.3) is 5.91 Å². The minimum absolute atomic E-state index is 0.0888. The summed E-state index contributed by atoms with van der Waals surface area (Å²) in [7, 11) is 0. The first-order valence-electron chi connectivity index (χ1n) is 8.70. The van der Waals surface area contributed by atoms with Crippen LogP contribution < -0.4 is 14.9 Å². The third-order valence-corrected chi connectivity index (χ3v) is 3.64. The molecule has 0 spiro atoms. The molecule has 2 rings (SSSR count). The highest BCUT2D eigenvalue weighted by Crippen LogP contribution is 2.22. The van der Waals surface area contributed by atoms with Crippen LogP contribution >= 0.6 is 0 Å². The summed E-state index contributed by atoms with van der Waals surface area (Å²) < 4.78 is 11.4. The average Bonchev–Trinajstić information content (AvgIpc) is 2.60. The topological polar surface area (TPSA) is 59.9 Å². The summed E-state index contributed by atoms with van der Waals surface area (Å²) >= 11 is 0. The van der Waals surface area contributed by atoms with Crippen LogP contribution in [0.3, 0.4) is 0 Å². The largest absolute Gasteiger partial charge is 0.493 e. The van der Waals surface area contributed by atoms with Crippen molar-refractivity contribution in [1.82, 2.24) is 5.43 Å². The lowest BCUT2D eigenvalue weighted by molar-refractivity contribution is -0.123. The van der Waals surface area contributed by atoms with Crippen LogP contribution in [0.5, 0.6) is 11.5 Å². The van der Waals surface area contributed by atoms with E-state index in [0.717, 1.165) is 28.2 Å². The number of rotatable bonds is 8. The molecule has 1 amide bonds. The second kappa shape index (κ2) is 9.61. The fourth-order valence-corrected chi connectivity index (χ4v) is 2.35. The third kappa shape index (κ3) is 5.92. The Morgan fingerprint density at radius 3 is 2.46 bits per heavy atom. The molecule has 5 heteroatoms. The molecule has 0 bridgehead atoms. The number of ether oxygens (including phenoxy) is 2. The van der Waals surface area contributed by atoms with Crippen LogP contribution in [0.1, 0.15) is 30.5 Å². The number of hydrogen-bond acceptors (Lipinski definition) is 4. The fourth-order valence-electron chi connectivity index (χ4n) is 2.35. The van der Waals surface area contributed by atoms with Crippen LogP contribution in [-0.4, -0.2) is 25.3 Å². The summed E-state index contributed by atoms with van der Waals surface area (Å²) in [5.41, 5.74) is 5.29. The number of carbonyl (C=O) groups is 1. The zero-order valence-electron chi connectivity index (χ0n) is 15.8. The maximum atomic E-state index is 11.9. The predicted molar refractivity (Wildman–Crippen MR) is 104 cm³/mol. The highest BCUT2D eigenvalue weighted by atomic mass is 16.5. The Bertz CT molecular complexity index is 749. The summed E-state index contributed by atoms with van der Waals surface area (Å²) in [4.78, 5) is 11.9. The van der Waals surface area contributed by atoms with Gasteiger partial charge in [0.15, 0.2) is 6.61 Å². The van der Waals surface area contributed by atoms with Gasteiger partial charge in [-0.1, -0.05) is 44.2 Å². The average molecular weight is 354 g/mol. The van der Waals surface area contributed by atoms with Crippen LogP contribution in [0.4, 0.5) is 0 Å². The Balaban J connectivity index is 1.89. The van der Waals surface area contributed by atoms with Gasteiger partial charge in [0.05, 0.1) is 12.8 Å². The Morgan fingerprint density at radius 2 is 1.77 bits per heavy atom. The number of nitrogens with one attached hydrogen (secondary N) is 1. The molecule has 0 aliphatic heterocycles. The lowest BCUT2D eigenvalue weighted by Crippen LogP contribution is -2.25. The Hall–Kier alpha value is -2.82. The van der Waals surface area contributed by atoms with E-state index >= 15 is 0 Å². The van der Waals surface area contributed by atoms with Crippen molar-refractivity contribution in [3.05, 3.63) is 59.2 Å². The van der Waals surface area contributed by atoms with Crippen LogP contribution in [0.2, 0.25) is 0 Å². The molecule has 0 unspecified atom stereocenters. The number of benzene rings is 2. The molecule has 0 saturated heterocycles. The van der Waals surface area contributed by atoms with Crippen LogP contribution in [0.15, 0.2) is 47.6 Å². The summed E-state index contributed by atoms with van der Waals surface area (Å²) in [6.45, 7) is 8.62. The molecule has 0 fully saturated rings. The lowest BCUT2D eigenvalue weighted by atomic mass is 10.1. The number of amides is 1. The van der Waals surface area contributed by atoms with Crippen molar-refractivity contribution in [3.8, 4) is 11.5 Å². The Kier molecular flexibility index (Phi) is 7.21. The van der Waals surface area contributed by atoms with E-state index < -0.39 is 0 Å². The van der Waals surface area contributed by atoms with Gasteiger partial charge in [-0.3, -0.25) is 4.79 Å². The highest BCUT2D eigenvalue weighted by molar-refractivity contribution is 5.85. The minimum atomic E-state index is -0.315. The van der Waals surface area contributed by atoms with E-state index in [0.29, 0.717) is 12.5 Å². The molecule has 0 heterocycles. The first-order valence-corrected chi connectivity index (χ1v) is 8.70. The van der Waals surface area contributed by atoms with E-state index in [9.17, 15) is 4.79 Å². The van der Waals surface area contributed by atoms with Crippen molar-refractivity contribution in [2.75, 3.05) is 13.2 Å². The fraction of sp³-hybridized carbons (Fsp3) is 0.333. The van der Waals surface area contributed by atoms with Gasteiger partial charge in [0.2, 0.25) is 0 Å². The molecule has 138 valence electrons. The Morgan fingerprint density at radius 1 is 1.08 bits per heavy atom. The zero-order chi connectivity index (χ0) is 18.9. The van der Waals surface area contributed by atoms with Gasteiger partial charge in [0, 0.05) is 5.56 Å². The SMILES string of the molecule is Cc1cccc(C)c1OCC(=O)N/N=C\c1ccccc1OCC(C)C. The van der Waals surface area contributed by atoms with Crippen LogP contribution in [-0.2, 0) is 4.79 Å². The summed E-state index contributed by atoms with van der Waals surface area (Å²) in [6.07, 6.45) is 1.58. The number of hydrazone groups is 1. The standard InChI is InChI=1S/C21H26N2O3/c1-15(2)13-25-19-11-6-5-10-18(19)12-22-23-20(24)14-26-21-16(3)8-7-9-17(21)4/h5-12,15H,13-14H2,1-4H3,(H,23,24)/b22-12-. The molecule has 0 aromatic heterocycles. The molecule has 26 heavy (non-hydrogen) atoms. The molecular weight excluding hydrogens is 328 g/mol. The summed E-state index contributed by atoms with van der Waals surface area (Å²) in [5, 5.41) is 4.00. The van der Waals surface area contributed by atoms with Gasteiger partial charge in [-0.25, -0.2) is 5.43 Å². The number of carbonyl (C=O) groups excluding carboxylic acids is 1. The molecule has 0 atom stereocenters. The highest BCUT2D eigenvalue weighted by Gasteiger charge is 2.07. The second-order valence-electron chi connectivity index (χ2n) is 6.55. The van der Waals surface area contributed by atoms with Crippen molar-refractivity contribution >= 4 is 12.1 Å². The smallest absolute Gasteiger partial charge is 0.277 e. The van der Waals surface area contributed by atoms with Crippen LogP contribution in [0, 0.1) is 19.8 Å². The van der Waals surface area contributed by atoms with Gasteiger partial charge in [0.1, 0.15) is 11.5 Å². The van der Waals surface area contributed by atoms with Crippen molar-refractivity contribution in [3.63, 3.8) is 0 Å². The second-order valence-corrected chi connectivity index (χ2v) is 6.55. The van der Waals surface area contributed by atoms with Gasteiger partial charge in [-0.15, -0.1) is 0 Å². The molecular formula is C21H26N2O3. The van der Waals surface area contributed by atoms with E-state index in [4.69, 9.17) is 9.47 Å².